The summed E-state index contributed by atoms with van der Waals surface area (Å²) >= 11 is 0. The molecule has 162 valence electrons. The highest BCUT2D eigenvalue weighted by atomic mass is 16.1. The molecule has 0 aromatic heterocycles. The molecule has 9 aliphatic carbocycles. The number of hydrogen-bond acceptors (Lipinski definition) is 1. The summed E-state index contributed by atoms with van der Waals surface area (Å²) in [5, 5.41) is 0. The van der Waals surface area contributed by atoms with Crippen molar-refractivity contribution in [3.63, 3.8) is 0 Å². The predicted molar refractivity (Wildman–Crippen MR) is 126 cm³/mol. The van der Waals surface area contributed by atoms with Crippen LogP contribution in [0, 0.1) is 23.7 Å². The number of rotatable bonds is 0. The minimum Gasteiger partial charge on any atom is -0.289 e. The van der Waals surface area contributed by atoms with Crippen LogP contribution in [0.1, 0.15) is 126 Å². The number of benzene rings is 2. The first-order chi connectivity index (χ1) is 15.7. The molecule has 0 N–H and O–H groups in total. The van der Waals surface area contributed by atoms with E-state index in [2.05, 4.69) is 24.3 Å². The molecule has 2 aromatic carbocycles. The molecule has 1 nitrogen and oxygen atoms in total. The van der Waals surface area contributed by atoms with Crippen LogP contribution in [0.2, 0.25) is 0 Å². The highest BCUT2D eigenvalue weighted by Crippen LogP contribution is 2.59. The number of carbonyl (C=O) groups is 1. The van der Waals surface area contributed by atoms with Crippen molar-refractivity contribution in [1.82, 2.24) is 0 Å². The van der Waals surface area contributed by atoms with Crippen LogP contribution in [0.3, 0.4) is 0 Å². The van der Waals surface area contributed by atoms with Crippen molar-refractivity contribution >= 4 is 5.78 Å². The fourth-order valence-corrected chi connectivity index (χ4v) is 10.4. The maximum atomic E-state index is 13.8. The molecule has 0 heterocycles. The molecule has 0 saturated heterocycles. The minimum atomic E-state index is 0.327. The van der Waals surface area contributed by atoms with E-state index in [0.717, 1.165) is 46.6 Å². The largest absolute Gasteiger partial charge is 0.289 e. The molecule has 4 atom stereocenters. The Bertz CT molecular complexity index is 1100. The molecule has 0 aliphatic heterocycles. The normalized spacial score (nSPS) is 41.2. The molecular weight excluding hydrogens is 388 g/mol. The van der Waals surface area contributed by atoms with Gasteiger partial charge in [0.05, 0.1) is 0 Å². The van der Waals surface area contributed by atoms with Crippen molar-refractivity contribution in [3.8, 4) is 11.1 Å². The van der Waals surface area contributed by atoms with E-state index in [4.69, 9.17) is 0 Å². The van der Waals surface area contributed by atoms with Crippen LogP contribution in [0.4, 0.5) is 0 Å². The first-order valence-corrected chi connectivity index (χ1v) is 13.6. The average Bonchev–Trinajstić information content (AvgIpc) is 2.85. The lowest BCUT2D eigenvalue weighted by Crippen LogP contribution is -2.25. The van der Waals surface area contributed by atoms with Gasteiger partial charge >= 0.3 is 0 Å². The number of fused-ring (bicyclic) bond motifs is 3. The third-order valence-corrected chi connectivity index (χ3v) is 11.3. The van der Waals surface area contributed by atoms with Crippen molar-refractivity contribution in [3.05, 3.63) is 57.6 Å². The Morgan fingerprint density at radius 2 is 0.688 bits per heavy atom. The second kappa shape index (κ2) is 5.78. The van der Waals surface area contributed by atoms with E-state index in [1.165, 1.54) is 75.3 Å². The second-order valence-corrected chi connectivity index (χ2v) is 13.0. The summed E-state index contributed by atoms with van der Waals surface area (Å²) in [6, 6.07) is 9.83. The lowest BCUT2D eigenvalue weighted by Gasteiger charge is -2.38. The molecule has 4 unspecified atom stereocenters. The van der Waals surface area contributed by atoms with Gasteiger partial charge in [0.15, 0.2) is 5.78 Å². The van der Waals surface area contributed by atoms with E-state index in [-0.39, 0.29) is 0 Å². The monoisotopic (exact) mass is 420 g/mol. The smallest absolute Gasteiger partial charge is 0.194 e. The Labute approximate surface area is 191 Å². The van der Waals surface area contributed by atoms with Crippen molar-refractivity contribution in [2.75, 3.05) is 0 Å². The van der Waals surface area contributed by atoms with E-state index in [0.29, 0.717) is 17.6 Å². The molecule has 0 radical (unpaired) electrons. The predicted octanol–water partition coefficient (Wildman–Crippen LogP) is 7.68. The summed E-state index contributed by atoms with van der Waals surface area (Å²) in [4.78, 5) is 13.8. The van der Waals surface area contributed by atoms with E-state index < -0.39 is 0 Å². The summed E-state index contributed by atoms with van der Waals surface area (Å²) in [6.07, 6.45) is 14.0. The quantitative estimate of drug-likeness (QED) is 0.364. The maximum Gasteiger partial charge on any atom is 0.194 e. The van der Waals surface area contributed by atoms with Gasteiger partial charge in [0, 0.05) is 11.1 Å². The Morgan fingerprint density at radius 3 is 1.00 bits per heavy atom. The van der Waals surface area contributed by atoms with Crippen molar-refractivity contribution in [2.24, 2.45) is 23.7 Å². The van der Waals surface area contributed by atoms with Gasteiger partial charge in [-0.05, 0) is 169 Å². The van der Waals surface area contributed by atoms with Gasteiger partial charge < -0.3 is 0 Å². The highest BCUT2D eigenvalue weighted by Gasteiger charge is 2.45. The van der Waals surface area contributed by atoms with Crippen LogP contribution in [0.15, 0.2) is 24.3 Å². The SMILES string of the molecule is O=C1c2cc3c(cc2-c2cc4c(cc21)C1CC2CC(C1)CC4C2)C1CC2CC(CC3C2)C1. The number of carbonyl (C=O) groups excluding carboxylic acids is 1. The van der Waals surface area contributed by atoms with Crippen molar-refractivity contribution in [1.29, 1.82) is 0 Å². The lowest BCUT2D eigenvalue weighted by molar-refractivity contribution is 0.104. The van der Waals surface area contributed by atoms with E-state index in [9.17, 15) is 4.79 Å². The molecule has 9 aliphatic rings. The van der Waals surface area contributed by atoms with Gasteiger partial charge in [-0.25, -0.2) is 0 Å². The Kier molecular flexibility index (Phi) is 3.17. The van der Waals surface area contributed by atoms with Crippen LogP contribution in [0.25, 0.3) is 11.1 Å². The molecule has 0 amide bonds. The molecule has 2 aromatic rings. The van der Waals surface area contributed by atoms with Gasteiger partial charge in [-0.15, -0.1) is 0 Å². The zero-order valence-electron chi connectivity index (χ0n) is 18.9. The number of hydrogen-bond donors (Lipinski definition) is 0. The van der Waals surface area contributed by atoms with Crippen molar-refractivity contribution < 1.29 is 4.79 Å². The number of ketones is 1. The van der Waals surface area contributed by atoms with Crippen LogP contribution < -0.4 is 0 Å². The molecule has 4 saturated carbocycles. The molecule has 32 heavy (non-hydrogen) atoms. The molecule has 0 spiro atoms. The van der Waals surface area contributed by atoms with E-state index in [1.807, 2.05) is 0 Å². The molecule has 8 bridgehead atoms. The lowest BCUT2D eigenvalue weighted by atomic mass is 9.67. The molecule has 11 rings (SSSR count). The van der Waals surface area contributed by atoms with Gasteiger partial charge in [-0.2, -0.15) is 0 Å². The van der Waals surface area contributed by atoms with Crippen LogP contribution in [-0.4, -0.2) is 5.78 Å². The highest BCUT2D eigenvalue weighted by molar-refractivity contribution is 6.22. The third kappa shape index (κ3) is 2.15. The Hall–Kier alpha value is -1.89. The zero-order chi connectivity index (χ0) is 20.7. The standard InChI is InChI=1S/C31H32O/c32-31-29-13-25-21-7-15-1-16(8-21)4-19(3-15)23(25)11-27(29)28-12-24-20-5-17-2-18(6-20)10-22(9-17)26(24)14-30(28)31/h11-22H,1-10H2. The minimum absolute atomic E-state index is 0.327. The average molecular weight is 421 g/mol. The van der Waals surface area contributed by atoms with Gasteiger partial charge in [0.25, 0.3) is 0 Å². The summed E-state index contributed by atoms with van der Waals surface area (Å²) in [6.45, 7) is 0. The van der Waals surface area contributed by atoms with Gasteiger partial charge in [-0.1, -0.05) is 0 Å². The van der Waals surface area contributed by atoms with Gasteiger partial charge in [0.2, 0.25) is 0 Å². The van der Waals surface area contributed by atoms with Crippen LogP contribution in [-0.2, 0) is 0 Å². The first-order valence-electron chi connectivity index (χ1n) is 13.6. The van der Waals surface area contributed by atoms with E-state index in [1.54, 1.807) is 22.3 Å². The topological polar surface area (TPSA) is 17.1 Å². The fraction of sp³-hybridized carbons (Fsp3) is 0.581. The van der Waals surface area contributed by atoms with Crippen LogP contribution in [0.5, 0.6) is 0 Å². The summed E-state index contributed by atoms with van der Waals surface area (Å²) in [5.41, 5.74) is 11.1. The maximum absolute atomic E-state index is 13.8. The molecular formula is C31H32O. The summed E-state index contributed by atoms with van der Waals surface area (Å²) in [7, 11) is 0. The second-order valence-electron chi connectivity index (χ2n) is 13.0. The van der Waals surface area contributed by atoms with E-state index >= 15 is 0 Å². The Morgan fingerprint density at radius 1 is 0.406 bits per heavy atom. The van der Waals surface area contributed by atoms with Gasteiger partial charge in [0.1, 0.15) is 0 Å². The zero-order valence-corrected chi connectivity index (χ0v) is 18.9. The van der Waals surface area contributed by atoms with Gasteiger partial charge in [-0.3, -0.25) is 4.79 Å². The third-order valence-electron chi connectivity index (χ3n) is 11.3. The summed E-state index contributed by atoms with van der Waals surface area (Å²) in [5.74, 6) is 6.99. The molecule has 1 heteroatoms. The molecule has 4 fully saturated rings. The fourth-order valence-electron chi connectivity index (χ4n) is 10.4. The first kappa shape index (κ1) is 17.6. The van der Waals surface area contributed by atoms with Crippen molar-refractivity contribution in [2.45, 2.75) is 87.9 Å². The Balaban J connectivity index is 1.24. The van der Waals surface area contributed by atoms with Crippen LogP contribution >= 0.6 is 0 Å². The summed E-state index contributed by atoms with van der Waals surface area (Å²) < 4.78 is 0.